The Labute approximate surface area is 160 Å². The van der Waals surface area contributed by atoms with Crippen LogP contribution < -0.4 is 10.1 Å². The molecule has 2 aromatic carbocycles. The average Bonchev–Trinajstić information content (AvgIpc) is 3.23. The van der Waals surface area contributed by atoms with Gasteiger partial charge in [-0.2, -0.15) is 4.31 Å². The molecule has 0 unspecified atom stereocenters. The Morgan fingerprint density at radius 3 is 2.26 bits per heavy atom. The molecule has 1 amide bonds. The van der Waals surface area contributed by atoms with Crippen molar-refractivity contribution in [3.8, 4) is 5.75 Å². The first-order chi connectivity index (χ1) is 13.0. The number of nitrogens with one attached hydrogen (secondary N) is 1. The molecule has 144 valence electrons. The van der Waals surface area contributed by atoms with Gasteiger partial charge in [0.15, 0.2) is 0 Å². The van der Waals surface area contributed by atoms with Gasteiger partial charge in [0.2, 0.25) is 15.9 Å². The summed E-state index contributed by atoms with van der Waals surface area (Å²) < 4.78 is 31.6. The third kappa shape index (κ3) is 4.87. The van der Waals surface area contributed by atoms with Crippen LogP contribution in [0.4, 0.5) is 5.69 Å². The van der Waals surface area contributed by atoms with Crippen molar-refractivity contribution < 1.29 is 17.9 Å². The number of benzene rings is 2. The van der Waals surface area contributed by atoms with Crippen LogP contribution in [0.15, 0.2) is 53.4 Å². The molecule has 2 aromatic rings. The fourth-order valence-electron chi connectivity index (χ4n) is 3.06. The fourth-order valence-corrected chi connectivity index (χ4v) is 4.58. The van der Waals surface area contributed by atoms with Gasteiger partial charge in [0, 0.05) is 25.2 Å². The van der Waals surface area contributed by atoms with Crippen molar-refractivity contribution >= 4 is 21.6 Å². The van der Waals surface area contributed by atoms with E-state index in [1.807, 2.05) is 24.3 Å². The Hall–Kier alpha value is -2.38. The minimum Gasteiger partial charge on any atom is -0.497 e. The summed E-state index contributed by atoms with van der Waals surface area (Å²) in [5.41, 5.74) is 1.65. The van der Waals surface area contributed by atoms with E-state index in [1.165, 1.54) is 4.31 Å². The zero-order chi connectivity index (χ0) is 19.3. The predicted molar refractivity (Wildman–Crippen MR) is 104 cm³/mol. The number of ether oxygens (including phenoxy) is 1. The number of hydrogen-bond donors (Lipinski definition) is 1. The molecule has 0 aromatic heterocycles. The number of rotatable bonds is 7. The maximum absolute atomic E-state index is 12.5. The summed E-state index contributed by atoms with van der Waals surface area (Å²) in [6, 6.07) is 14.0. The van der Waals surface area contributed by atoms with Gasteiger partial charge in [-0.1, -0.05) is 12.1 Å². The van der Waals surface area contributed by atoms with Crippen LogP contribution in [0, 0.1) is 0 Å². The lowest BCUT2D eigenvalue weighted by atomic mass is 10.1. The van der Waals surface area contributed by atoms with Crippen molar-refractivity contribution in [2.24, 2.45) is 0 Å². The number of amides is 1. The van der Waals surface area contributed by atoms with Gasteiger partial charge in [-0.15, -0.1) is 0 Å². The summed E-state index contributed by atoms with van der Waals surface area (Å²) in [6.07, 6.45) is 2.78. The molecule has 0 radical (unpaired) electrons. The van der Waals surface area contributed by atoms with Gasteiger partial charge in [0.05, 0.1) is 12.0 Å². The molecule has 1 fully saturated rings. The largest absolute Gasteiger partial charge is 0.497 e. The van der Waals surface area contributed by atoms with Crippen molar-refractivity contribution in [3.63, 3.8) is 0 Å². The zero-order valence-corrected chi connectivity index (χ0v) is 16.2. The Morgan fingerprint density at radius 2 is 1.67 bits per heavy atom. The smallest absolute Gasteiger partial charge is 0.243 e. The van der Waals surface area contributed by atoms with E-state index in [-0.39, 0.29) is 10.8 Å². The quantitative estimate of drug-likeness (QED) is 0.791. The van der Waals surface area contributed by atoms with Crippen LogP contribution in [0.2, 0.25) is 0 Å². The molecule has 0 bridgehead atoms. The number of nitrogens with zero attached hydrogens (tertiary/aromatic N) is 1. The highest BCUT2D eigenvalue weighted by Gasteiger charge is 2.26. The van der Waals surface area contributed by atoms with E-state index in [9.17, 15) is 13.2 Å². The first-order valence-corrected chi connectivity index (χ1v) is 10.5. The van der Waals surface area contributed by atoms with Crippen LogP contribution in [0.3, 0.4) is 0 Å². The molecular weight excluding hydrogens is 364 g/mol. The number of sulfonamides is 1. The minimum absolute atomic E-state index is 0.110. The molecule has 1 aliphatic heterocycles. The van der Waals surface area contributed by atoms with E-state index in [4.69, 9.17) is 4.74 Å². The maximum Gasteiger partial charge on any atom is 0.243 e. The monoisotopic (exact) mass is 388 g/mol. The SMILES string of the molecule is COc1ccc(CCC(=O)Nc2ccc(S(=O)(=O)N3CCCC3)cc2)cc1. The van der Waals surface area contributed by atoms with Crippen molar-refractivity contribution in [2.45, 2.75) is 30.6 Å². The molecule has 0 atom stereocenters. The summed E-state index contributed by atoms with van der Waals surface area (Å²) in [6.45, 7) is 1.15. The number of aryl methyl sites for hydroxylation is 1. The highest BCUT2D eigenvalue weighted by molar-refractivity contribution is 7.89. The second kappa shape index (κ2) is 8.54. The molecule has 0 spiro atoms. The molecule has 1 saturated heterocycles. The second-order valence-corrected chi connectivity index (χ2v) is 8.47. The van der Waals surface area contributed by atoms with Gasteiger partial charge >= 0.3 is 0 Å². The number of carbonyl (C=O) groups is 1. The third-order valence-corrected chi connectivity index (χ3v) is 6.55. The van der Waals surface area contributed by atoms with E-state index in [0.717, 1.165) is 24.2 Å². The van der Waals surface area contributed by atoms with Gasteiger partial charge < -0.3 is 10.1 Å². The van der Waals surface area contributed by atoms with Gasteiger partial charge in [-0.25, -0.2) is 8.42 Å². The van der Waals surface area contributed by atoms with Crippen LogP contribution in [0.1, 0.15) is 24.8 Å². The third-order valence-electron chi connectivity index (χ3n) is 4.64. The molecule has 27 heavy (non-hydrogen) atoms. The van der Waals surface area contributed by atoms with Crippen LogP contribution in [0.5, 0.6) is 5.75 Å². The highest BCUT2D eigenvalue weighted by Crippen LogP contribution is 2.22. The molecule has 3 rings (SSSR count). The van der Waals surface area contributed by atoms with Gasteiger partial charge in [-0.3, -0.25) is 4.79 Å². The van der Waals surface area contributed by atoms with E-state index in [1.54, 1.807) is 31.4 Å². The highest BCUT2D eigenvalue weighted by atomic mass is 32.2. The van der Waals surface area contributed by atoms with Crippen LogP contribution in [-0.4, -0.2) is 38.8 Å². The number of anilines is 1. The fraction of sp³-hybridized carbons (Fsp3) is 0.350. The van der Waals surface area contributed by atoms with Crippen molar-refractivity contribution in [1.82, 2.24) is 4.31 Å². The van der Waals surface area contributed by atoms with E-state index >= 15 is 0 Å². The van der Waals surface area contributed by atoms with Gasteiger partial charge in [-0.05, 0) is 61.2 Å². The molecule has 7 heteroatoms. The molecule has 0 saturated carbocycles. The summed E-state index contributed by atoms with van der Waals surface area (Å²) in [4.78, 5) is 12.4. The van der Waals surface area contributed by atoms with E-state index < -0.39 is 10.0 Å². The molecule has 1 aliphatic rings. The summed E-state index contributed by atoms with van der Waals surface area (Å²) in [7, 11) is -1.81. The Balaban J connectivity index is 1.55. The zero-order valence-electron chi connectivity index (χ0n) is 15.3. The van der Waals surface area contributed by atoms with Crippen LogP contribution in [0.25, 0.3) is 0 Å². The van der Waals surface area contributed by atoms with E-state index in [0.29, 0.717) is 31.6 Å². The van der Waals surface area contributed by atoms with Crippen LogP contribution >= 0.6 is 0 Å². The normalized spacial score (nSPS) is 14.9. The lowest BCUT2D eigenvalue weighted by Crippen LogP contribution is -2.27. The Bertz CT molecular complexity index is 871. The maximum atomic E-state index is 12.5. The van der Waals surface area contributed by atoms with Gasteiger partial charge in [0.1, 0.15) is 5.75 Å². The molecule has 6 nitrogen and oxygen atoms in total. The summed E-state index contributed by atoms with van der Waals surface area (Å²) >= 11 is 0. The van der Waals surface area contributed by atoms with Gasteiger partial charge in [0.25, 0.3) is 0 Å². The lowest BCUT2D eigenvalue weighted by Gasteiger charge is -2.15. The minimum atomic E-state index is -3.43. The second-order valence-electron chi connectivity index (χ2n) is 6.53. The van der Waals surface area contributed by atoms with Crippen molar-refractivity contribution in [1.29, 1.82) is 0 Å². The number of carbonyl (C=O) groups excluding carboxylic acids is 1. The first kappa shape index (κ1) is 19.4. The summed E-state index contributed by atoms with van der Waals surface area (Å²) in [5.74, 6) is 0.674. The number of methoxy groups -OCH3 is 1. The van der Waals surface area contributed by atoms with E-state index in [2.05, 4.69) is 5.32 Å². The molecule has 1 heterocycles. The lowest BCUT2D eigenvalue weighted by molar-refractivity contribution is -0.116. The topological polar surface area (TPSA) is 75.7 Å². The Morgan fingerprint density at radius 1 is 1.04 bits per heavy atom. The molecule has 1 N–H and O–H groups in total. The van der Waals surface area contributed by atoms with Crippen molar-refractivity contribution in [2.75, 3.05) is 25.5 Å². The average molecular weight is 388 g/mol. The standard InChI is InChI=1S/C20H24N2O4S/c1-26-18-9-4-16(5-10-18)6-13-20(23)21-17-7-11-19(12-8-17)27(24,25)22-14-2-3-15-22/h4-5,7-12H,2-3,6,13-15H2,1H3,(H,21,23). The number of hydrogen-bond acceptors (Lipinski definition) is 4. The molecule has 0 aliphatic carbocycles. The van der Waals surface area contributed by atoms with Crippen molar-refractivity contribution in [3.05, 3.63) is 54.1 Å². The Kier molecular flexibility index (Phi) is 6.13. The molecular formula is C20H24N2O4S. The van der Waals surface area contributed by atoms with Crippen LogP contribution in [-0.2, 0) is 21.2 Å². The first-order valence-electron chi connectivity index (χ1n) is 9.02. The summed E-state index contributed by atoms with van der Waals surface area (Å²) in [5, 5.41) is 2.81. The predicted octanol–water partition coefficient (Wildman–Crippen LogP) is 3.05.